The van der Waals surface area contributed by atoms with Gasteiger partial charge in [0.25, 0.3) is 0 Å². The van der Waals surface area contributed by atoms with E-state index in [4.69, 9.17) is 9.84 Å². The van der Waals surface area contributed by atoms with Gasteiger partial charge in [0.2, 0.25) is 11.8 Å². The predicted molar refractivity (Wildman–Crippen MR) is 105 cm³/mol. The van der Waals surface area contributed by atoms with Crippen molar-refractivity contribution in [3.05, 3.63) is 53.1 Å². The van der Waals surface area contributed by atoms with Crippen LogP contribution in [0.5, 0.6) is 5.75 Å². The molecule has 0 aliphatic carbocycles. The Labute approximate surface area is 176 Å². The fourth-order valence-corrected chi connectivity index (χ4v) is 2.98. The summed E-state index contributed by atoms with van der Waals surface area (Å²) >= 11 is 0. The Morgan fingerprint density at radius 2 is 1.77 bits per heavy atom. The van der Waals surface area contributed by atoms with Crippen LogP contribution in [0.1, 0.15) is 23.6 Å². The van der Waals surface area contributed by atoms with E-state index in [0.717, 1.165) is 12.1 Å². The molecule has 0 bridgehead atoms. The van der Waals surface area contributed by atoms with E-state index in [9.17, 15) is 27.6 Å². The lowest BCUT2D eigenvalue weighted by molar-refractivity contribution is -0.138. The molecule has 0 atom stereocenters. The van der Waals surface area contributed by atoms with Crippen molar-refractivity contribution in [2.24, 2.45) is 0 Å². The largest absolute Gasteiger partial charge is 0.496 e. The van der Waals surface area contributed by atoms with E-state index in [1.165, 1.54) is 20.1 Å². The van der Waals surface area contributed by atoms with Gasteiger partial charge in [-0.1, -0.05) is 12.1 Å². The second-order valence-corrected chi connectivity index (χ2v) is 6.68. The van der Waals surface area contributed by atoms with Crippen molar-refractivity contribution < 1.29 is 37.4 Å². The highest BCUT2D eigenvalue weighted by atomic mass is 19.4. The molecule has 0 saturated heterocycles. The number of imide groups is 1. The summed E-state index contributed by atoms with van der Waals surface area (Å²) in [7, 11) is 1.39. The van der Waals surface area contributed by atoms with Gasteiger partial charge in [0, 0.05) is 19.0 Å². The summed E-state index contributed by atoms with van der Waals surface area (Å²) in [4.78, 5) is 33.6. The molecule has 2 aromatic carbocycles. The molecular formula is C21H21F3N2O5. The zero-order valence-electron chi connectivity index (χ0n) is 16.8. The summed E-state index contributed by atoms with van der Waals surface area (Å²) in [5, 5.41) is 13.8. The van der Waals surface area contributed by atoms with Gasteiger partial charge in [0.1, 0.15) is 5.75 Å². The number of aliphatic carboxylic acids is 1. The summed E-state index contributed by atoms with van der Waals surface area (Å²) in [6.07, 6.45) is -4.84. The van der Waals surface area contributed by atoms with Crippen LogP contribution in [-0.4, -0.2) is 36.5 Å². The maximum absolute atomic E-state index is 13.2. The lowest BCUT2D eigenvalue weighted by atomic mass is 9.94. The van der Waals surface area contributed by atoms with E-state index < -0.39 is 29.5 Å². The highest BCUT2D eigenvalue weighted by Crippen LogP contribution is 2.37. The van der Waals surface area contributed by atoms with Crippen molar-refractivity contribution >= 4 is 17.8 Å². The SMILES string of the molecule is COc1ccc(CC(=O)O)cc1-c1ccc(C(F)(F)F)cc1CNCC(=O)NC(C)=O. The van der Waals surface area contributed by atoms with E-state index in [1.54, 1.807) is 18.2 Å². The van der Waals surface area contributed by atoms with Crippen LogP contribution in [-0.2, 0) is 33.5 Å². The zero-order chi connectivity index (χ0) is 23.2. The quantitative estimate of drug-likeness (QED) is 0.586. The Balaban J connectivity index is 2.45. The van der Waals surface area contributed by atoms with Crippen molar-refractivity contribution in [3.8, 4) is 16.9 Å². The number of carboxylic acids is 1. The van der Waals surface area contributed by atoms with E-state index in [0.29, 0.717) is 22.4 Å². The minimum Gasteiger partial charge on any atom is -0.496 e. The average molecular weight is 438 g/mol. The maximum Gasteiger partial charge on any atom is 0.416 e. The number of hydrogen-bond donors (Lipinski definition) is 3. The van der Waals surface area contributed by atoms with Crippen LogP contribution in [0.15, 0.2) is 36.4 Å². The Hall–Kier alpha value is -3.40. The van der Waals surface area contributed by atoms with Gasteiger partial charge < -0.3 is 15.2 Å². The number of carbonyl (C=O) groups is 3. The number of ether oxygens (including phenoxy) is 1. The number of hydrogen-bond acceptors (Lipinski definition) is 5. The second kappa shape index (κ2) is 10.1. The summed E-state index contributed by atoms with van der Waals surface area (Å²) in [6.45, 7) is 0.765. The number of halogens is 3. The van der Waals surface area contributed by atoms with Crippen LogP contribution in [0.25, 0.3) is 11.1 Å². The monoisotopic (exact) mass is 438 g/mol. The number of benzene rings is 2. The normalized spacial score (nSPS) is 11.1. The van der Waals surface area contributed by atoms with E-state index >= 15 is 0 Å². The molecule has 0 aliphatic rings. The van der Waals surface area contributed by atoms with Crippen LogP contribution < -0.4 is 15.4 Å². The molecule has 0 fully saturated rings. The van der Waals surface area contributed by atoms with Crippen molar-refractivity contribution in [2.45, 2.75) is 26.1 Å². The van der Waals surface area contributed by atoms with Crippen LogP contribution in [0.4, 0.5) is 13.2 Å². The van der Waals surface area contributed by atoms with Gasteiger partial charge in [-0.2, -0.15) is 13.2 Å². The molecule has 2 amide bonds. The standard InChI is InChI=1S/C21H21F3N2O5/c1-12(27)26-19(28)11-25-10-14-9-15(21(22,23)24)4-5-16(14)17-7-13(8-20(29)30)3-6-18(17)31-2/h3-7,9,25H,8,10-11H2,1-2H3,(H,29,30)(H,26,27,28). The number of nitrogens with one attached hydrogen (secondary N) is 2. The first kappa shape index (κ1) is 23.9. The molecular weight excluding hydrogens is 417 g/mol. The molecule has 0 radical (unpaired) electrons. The van der Waals surface area contributed by atoms with Gasteiger partial charge in [0.15, 0.2) is 0 Å². The van der Waals surface area contributed by atoms with Crippen LogP contribution in [0, 0.1) is 0 Å². The molecule has 0 spiro atoms. The lowest BCUT2D eigenvalue weighted by Crippen LogP contribution is -2.36. The van der Waals surface area contributed by atoms with Crippen LogP contribution >= 0.6 is 0 Å². The van der Waals surface area contributed by atoms with Gasteiger partial charge in [-0.25, -0.2) is 0 Å². The van der Waals surface area contributed by atoms with Gasteiger partial charge in [-0.15, -0.1) is 0 Å². The molecule has 166 valence electrons. The summed E-state index contributed by atoms with van der Waals surface area (Å²) in [5.41, 5.74) is 0.595. The van der Waals surface area contributed by atoms with Gasteiger partial charge >= 0.3 is 12.1 Å². The minimum absolute atomic E-state index is 0.114. The first-order valence-corrected chi connectivity index (χ1v) is 9.11. The molecule has 2 rings (SSSR count). The number of methoxy groups -OCH3 is 1. The third-order valence-electron chi connectivity index (χ3n) is 4.26. The van der Waals surface area contributed by atoms with E-state index in [2.05, 4.69) is 10.6 Å². The second-order valence-electron chi connectivity index (χ2n) is 6.68. The lowest BCUT2D eigenvalue weighted by Gasteiger charge is -2.17. The number of amides is 2. The number of rotatable bonds is 8. The van der Waals surface area contributed by atoms with Crippen molar-refractivity contribution in [1.29, 1.82) is 0 Å². The number of alkyl halides is 3. The maximum atomic E-state index is 13.2. The van der Waals surface area contributed by atoms with Crippen molar-refractivity contribution in [3.63, 3.8) is 0 Å². The molecule has 7 nitrogen and oxygen atoms in total. The van der Waals surface area contributed by atoms with Crippen molar-refractivity contribution in [1.82, 2.24) is 10.6 Å². The van der Waals surface area contributed by atoms with Crippen LogP contribution in [0.2, 0.25) is 0 Å². The highest BCUT2D eigenvalue weighted by molar-refractivity contribution is 5.94. The van der Waals surface area contributed by atoms with Crippen molar-refractivity contribution in [2.75, 3.05) is 13.7 Å². The summed E-state index contributed by atoms with van der Waals surface area (Å²) in [6, 6.07) is 7.80. The average Bonchev–Trinajstić information content (AvgIpc) is 2.66. The first-order chi connectivity index (χ1) is 14.5. The van der Waals surface area contributed by atoms with Crippen LogP contribution in [0.3, 0.4) is 0 Å². The summed E-state index contributed by atoms with van der Waals surface area (Å²) in [5.74, 6) is -1.88. The third-order valence-corrected chi connectivity index (χ3v) is 4.26. The van der Waals surface area contributed by atoms with Gasteiger partial charge in [-0.3, -0.25) is 19.7 Å². The first-order valence-electron chi connectivity index (χ1n) is 9.11. The minimum atomic E-state index is -4.57. The molecule has 0 aliphatic heterocycles. The molecule has 0 unspecified atom stereocenters. The molecule has 0 saturated carbocycles. The Bertz CT molecular complexity index is 989. The number of carbonyl (C=O) groups excluding carboxylic acids is 2. The van der Waals surface area contributed by atoms with E-state index in [1.807, 2.05) is 0 Å². The summed E-state index contributed by atoms with van der Waals surface area (Å²) < 4.78 is 45.0. The Morgan fingerprint density at radius 1 is 1.06 bits per heavy atom. The molecule has 0 aromatic heterocycles. The Morgan fingerprint density at radius 3 is 2.35 bits per heavy atom. The van der Waals surface area contributed by atoms with Gasteiger partial charge in [0.05, 0.1) is 25.6 Å². The number of carboxylic acid groups (broad SMARTS) is 1. The van der Waals surface area contributed by atoms with E-state index in [-0.39, 0.29) is 25.1 Å². The molecule has 31 heavy (non-hydrogen) atoms. The third kappa shape index (κ3) is 6.82. The smallest absolute Gasteiger partial charge is 0.416 e. The molecule has 3 N–H and O–H groups in total. The Kier molecular flexibility index (Phi) is 7.76. The molecule has 2 aromatic rings. The topological polar surface area (TPSA) is 105 Å². The predicted octanol–water partition coefficient (Wildman–Crippen LogP) is 2.76. The fourth-order valence-electron chi connectivity index (χ4n) is 2.98. The fraction of sp³-hybridized carbons (Fsp3) is 0.286. The molecule has 10 heteroatoms. The zero-order valence-corrected chi connectivity index (χ0v) is 16.8. The highest BCUT2D eigenvalue weighted by Gasteiger charge is 2.31. The van der Waals surface area contributed by atoms with Gasteiger partial charge in [-0.05, 0) is 41.0 Å². The molecule has 0 heterocycles.